The maximum Gasteiger partial charge on any atom is 0.326 e. The fourth-order valence-corrected chi connectivity index (χ4v) is 6.10. The molecule has 7 amide bonds. The summed E-state index contributed by atoms with van der Waals surface area (Å²) in [5.74, 6) is -10.7. The molecule has 1 saturated heterocycles. The number of rotatable bonds is 24. The Bertz CT molecular complexity index is 1690. The number of aliphatic hydroxyl groups excluding tert-OH is 1. The first-order chi connectivity index (χ1) is 27.8. The normalized spacial score (nSPS) is 16.6. The summed E-state index contributed by atoms with van der Waals surface area (Å²) >= 11 is 0. The summed E-state index contributed by atoms with van der Waals surface area (Å²) in [7, 11) is 0. The van der Waals surface area contributed by atoms with Crippen molar-refractivity contribution in [2.24, 2.45) is 11.7 Å². The van der Waals surface area contributed by atoms with Crippen LogP contribution in [0.25, 0.3) is 0 Å². The largest absolute Gasteiger partial charge is 0.481 e. The van der Waals surface area contributed by atoms with Gasteiger partial charge in [-0.05, 0) is 44.1 Å². The molecule has 0 radical (unpaired) electrons. The summed E-state index contributed by atoms with van der Waals surface area (Å²) in [5.41, 5.74) is 5.84. The lowest BCUT2D eigenvalue weighted by atomic mass is 10.0. The van der Waals surface area contributed by atoms with Crippen molar-refractivity contribution in [3.05, 3.63) is 35.9 Å². The predicted octanol–water partition coefficient (Wildman–Crippen LogP) is -3.43. The minimum absolute atomic E-state index is 0.0308. The van der Waals surface area contributed by atoms with Gasteiger partial charge in [0.1, 0.15) is 42.3 Å². The third-order valence-corrected chi connectivity index (χ3v) is 9.12. The second-order valence-corrected chi connectivity index (χ2v) is 14.4. The molecule has 0 unspecified atom stereocenters. The van der Waals surface area contributed by atoms with E-state index < -0.39 is 134 Å². The van der Waals surface area contributed by atoms with Crippen LogP contribution in [0.3, 0.4) is 0 Å². The number of nitrogens with two attached hydrogens (primary N) is 1. The van der Waals surface area contributed by atoms with E-state index in [-0.39, 0.29) is 38.1 Å². The van der Waals surface area contributed by atoms with Gasteiger partial charge >= 0.3 is 17.9 Å². The average Bonchev–Trinajstić information content (AvgIpc) is 3.67. The molecule has 2 rings (SSSR count). The highest BCUT2D eigenvalue weighted by Gasteiger charge is 2.41. The first-order valence-corrected chi connectivity index (χ1v) is 18.9. The van der Waals surface area contributed by atoms with E-state index in [0.29, 0.717) is 5.56 Å². The molecule has 7 atom stereocenters. The molecule has 0 bridgehead atoms. The van der Waals surface area contributed by atoms with Crippen LogP contribution in [0.2, 0.25) is 0 Å². The maximum atomic E-state index is 14.0. The number of hydrogen-bond donors (Lipinski definition) is 11. The van der Waals surface area contributed by atoms with Gasteiger partial charge in [-0.25, -0.2) is 4.79 Å². The number of nitrogens with zero attached hydrogens (tertiary/aromatic N) is 1. The van der Waals surface area contributed by atoms with Gasteiger partial charge in [0.25, 0.3) is 0 Å². The molecule has 1 aromatic carbocycles. The molecule has 1 aromatic rings. The van der Waals surface area contributed by atoms with Crippen LogP contribution in [0.4, 0.5) is 0 Å². The zero-order valence-electron chi connectivity index (χ0n) is 33.0. The summed E-state index contributed by atoms with van der Waals surface area (Å²) in [6.45, 7) is 3.38. The molecular formula is C37H54N8O14. The number of amides is 7. The number of likely N-dealkylation sites (tertiary alicyclic amines) is 1. The number of carboxylic acid groups (broad SMARTS) is 3. The van der Waals surface area contributed by atoms with Gasteiger partial charge in [0.15, 0.2) is 0 Å². The summed E-state index contributed by atoms with van der Waals surface area (Å²) in [4.78, 5) is 128. The van der Waals surface area contributed by atoms with E-state index in [1.165, 1.54) is 6.92 Å². The maximum absolute atomic E-state index is 14.0. The molecule has 1 aliphatic rings. The fraction of sp³-hybridized carbons (Fsp3) is 0.568. The summed E-state index contributed by atoms with van der Waals surface area (Å²) < 4.78 is 0. The van der Waals surface area contributed by atoms with Crippen LogP contribution in [0, 0.1) is 5.92 Å². The molecule has 22 nitrogen and oxygen atoms in total. The third-order valence-electron chi connectivity index (χ3n) is 9.12. The zero-order chi connectivity index (χ0) is 44.4. The molecule has 326 valence electrons. The van der Waals surface area contributed by atoms with E-state index >= 15 is 0 Å². The fourth-order valence-electron chi connectivity index (χ4n) is 6.10. The van der Waals surface area contributed by atoms with Crippen molar-refractivity contribution >= 4 is 59.3 Å². The van der Waals surface area contributed by atoms with E-state index in [1.807, 2.05) is 0 Å². The van der Waals surface area contributed by atoms with Crippen molar-refractivity contribution < 1.29 is 68.4 Å². The summed E-state index contributed by atoms with van der Waals surface area (Å²) in [6.07, 6.45) is -1.60. The van der Waals surface area contributed by atoms with Gasteiger partial charge in [0, 0.05) is 19.4 Å². The van der Waals surface area contributed by atoms with Gasteiger partial charge in [0.05, 0.1) is 19.6 Å². The van der Waals surface area contributed by atoms with E-state index in [4.69, 9.17) is 10.8 Å². The number of hydrogen-bond acceptors (Lipinski definition) is 12. The molecule has 0 spiro atoms. The first-order valence-electron chi connectivity index (χ1n) is 18.9. The highest BCUT2D eigenvalue weighted by Crippen LogP contribution is 2.20. The Morgan fingerprint density at radius 3 is 1.88 bits per heavy atom. The van der Waals surface area contributed by atoms with E-state index in [0.717, 1.165) is 4.90 Å². The molecule has 1 aliphatic heterocycles. The Labute approximate surface area is 339 Å². The van der Waals surface area contributed by atoms with Crippen LogP contribution in [0.5, 0.6) is 0 Å². The number of carbonyl (C=O) groups is 10. The van der Waals surface area contributed by atoms with E-state index in [9.17, 15) is 63.3 Å². The molecular weight excluding hydrogens is 780 g/mol. The molecule has 0 saturated carbocycles. The second-order valence-electron chi connectivity index (χ2n) is 14.4. The smallest absolute Gasteiger partial charge is 0.326 e. The van der Waals surface area contributed by atoms with Gasteiger partial charge in [0.2, 0.25) is 41.4 Å². The van der Waals surface area contributed by atoms with Crippen molar-refractivity contribution in [3.63, 3.8) is 0 Å². The summed E-state index contributed by atoms with van der Waals surface area (Å²) in [5, 5.41) is 51.9. The van der Waals surface area contributed by atoms with Crippen LogP contribution in [-0.2, 0) is 54.4 Å². The number of carbonyl (C=O) groups excluding carboxylic acids is 7. The van der Waals surface area contributed by atoms with Gasteiger partial charge < -0.3 is 63.0 Å². The zero-order valence-corrected chi connectivity index (χ0v) is 33.0. The number of carboxylic acids is 3. The number of aliphatic carboxylic acids is 3. The van der Waals surface area contributed by atoms with Gasteiger partial charge in [-0.3, -0.25) is 43.2 Å². The molecule has 1 fully saturated rings. The quantitative estimate of drug-likeness (QED) is 0.0483. The predicted molar refractivity (Wildman–Crippen MR) is 204 cm³/mol. The molecule has 0 aromatic heterocycles. The molecule has 22 heteroatoms. The Kier molecular flexibility index (Phi) is 19.9. The topological polar surface area (TPSA) is 353 Å². The van der Waals surface area contributed by atoms with Crippen LogP contribution in [0.15, 0.2) is 30.3 Å². The van der Waals surface area contributed by atoms with Crippen molar-refractivity contribution in [2.75, 3.05) is 19.7 Å². The van der Waals surface area contributed by atoms with E-state index in [2.05, 4.69) is 31.9 Å². The Balaban J connectivity index is 2.27. The van der Waals surface area contributed by atoms with Crippen LogP contribution >= 0.6 is 0 Å². The first kappa shape index (κ1) is 49.0. The lowest BCUT2D eigenvalue weighted by molar-refractivity contribution is -0.146. The van der Waals surface area contributed by atoms with Gasteiger partial charge in [-0.1, -0.05) is 44.2 Å². The van der Waals surface area contributed by atoms with Crippen molar-refractivity contribution in [1.29, 1.82) is 0 Å². The van der Waals surface area contributed by atoms with E-state index in [1.54, 1.807) is 44.2 Å². The minimum Gasteiger partial charge on any atom is -0.481 e. The minimum atomic E-state index is -1.74. The van der Waals surface area contributed by atoms with Crippen LogP contribution < -0.4 is 37.6 Å². The third kappa shape index (κ3) is 16.3. The Hall–Kier alpha value is -6.16. The molecule has 12 N–H and O–H groups in total. The Morgan fingerprint density at radius 2 is 1.32 bits per heavy atom. The lowest BCUT2D eigenvalue weighted by Gasteiger charge is -2.31. The molecule has 1 heterocycles. The Morgan fingerprint density at radius 1 is 0.729 bits per heavy atom. The molecule has 0 aliphatic carbocycles. The number of benzene rings is 1. The highest BCUT2D eigenvalue weighted by atomic mass is 16.4. The number of aliphatic hydroxyl groups is 1. The summed E-state index contributed by atoms with van der Waals surface area (Å²) in [6, 6.07) is -1.73. The highest BCUT2D eigenvalue weighted by molar-refractivity contribution is 5.98. The van der Waals surface area contributed by atoms with Crippen molar-refractivity contribution in [1.82, 2.24) is 36.8 Å². The van der Waals surface area contributed by atoms with Gasteiger partial charge in [-0.15, -0.1) is 0 Å². The second kappa shape index (κ2) is 23.9. The van der Waals surface area contributed by atoms with Gasteiger partial charge in [-0.2, -0.15) is 0 Å². The van der Waals surface area contributed by atoms with Crippen LogP contribution in [0.1, 0.15) is 64.9 Å². The van der Waals surface area contributed by atoms with Crippen molar-refractivity contribution in [2.45, 2.75) is 108 Å². The average molecular weight is 835 g/mol. The SMILES string of the molecule is CC(C)C[C@H](NC(=O)[C@@H]1CCCN1C(=O)[C@H](CC(=O)O)NC(=O)[C@H](Cc1ccccc1)NC(=O)[C@H](CO)NC(=O)CN)C(=O)N[C@@H](C)C(=O)N[C@@H](CCC(=O)O)C(=O)O. The monoisotopic (exact) mass is 834 g/mol. The standard InChI is InChI=1S/C37H54N8O14/c1-19(2)14-23(32(53)39-20(3)31(52)41-22(37(58)59)11-12-29(48)49)43-35(56)27-10-7-13-45(27)36(57)25(16-30(50)51)44-33(54)24(15-21-8-5-4-6-9-21)42-34(55)26(18-46)40-28(47)17-38/h4-6,8-9,19-20,22-27,46H,7,10-18,38H2,1-3H3,(H,39,53)(H,40,47)(H,41,52)(H,42,55)(H,43,56)(H,44,54)(H,48,49)(H,50,51)(H,58,59)/t20-,22-,23-,24-,25-,26-,27-/m0/s1. The number of nitrogens with one attached hydrogen (secondary N) is 6. The van der Waals surface area contributed by atoms with Crippen molar-refractivity contribution in [3.8, 4) is 0 Å². The molecule has 59 heavy (non-hydrogen) atoms. The lowest BCUT2D eigenvalue weighted by Crippen LogP contribution is -2.60. The van der Waals surface area contributed by atoms with Crippen LogP contribution in [-0.4, -0.2) is 147 Å².